The van der Waals surface area contributed by atoms with Gasteiger partial charge < -0.3 is 9.97 Å². The molecule has 5 heteroatoms. The Morgan fingerprint density at radius 1 is 1.14 bits per heavy atom. The average molecular weight is 240 g/mol. The second-order valence-corrected chi connectivity index (χ2v) is 5.39. The molecule has 2 heterocycles. The minimum absolute atomic E-state index is 0.627. The predicted octanol–water partition coefficient (Wildman–Crippen LogP) is 3.51. The van der Waals surface area contributed by atoms with Crippen LogP contribution in [0.4, 0.5) is 0 Å². The van der Waals surface area contributed by atoms with E-state index in [1.807, 2.05) is 0 Å². The lowest BCUT2D eigenvalue weighted by Crippen LogP contribution is -1.84. The highest BCUT2D eigenvalue weighted by atomic mass is 32.1. The van der Waals surface area contributed by atoms with Gasteiger partial charge in [-0.15, -0.1) is 11.3 Å². The molecule has 2 aromatic rings. The van der Waals surface area contributed by atoms with Crippen molar-refractivity contribution in [3.05, 3.63) is 19.9 Å². The van der Waals surface area contributed by atoms with Gasteiger partial charge in [-0.25, -0.2) is 0 Å². The van der Waals surface area contributed by atoms with Gasteiger partial charge in [0.05, 0.1) is 0 Å². The first-order chi connectivity index (χ1) is 6.75. The fourth-order valence-electron chi connectivity index (χ4n) is 2.03. The van der Waals surface area contributed by atoms with Gasteiger partial charge in [0.1, 0.15) is 9.47 Å². The van der Waals surface area contributed by atoms with Crippen LogP contribution < -0.4 is 0 Å². The molecule has 0 spiro atoms. The fraction of sp³-hybridized carbons (Fsp3) is 0.333. The van der Waals surface area contributed by atoms with Gasteiger partial charge in [0, 0.05) is 10.3 Å². The van der Waals surface area contributed by atoms with E-state index in [9.17, 15) is 0 Å². The third-order valence-corrected chi connectivity index (χ3v) is 4.32. The van der Waals surface area contributed by atoms with Crippen molar-refractivity contribution in [2.24, 2.45) is 0 Å². The van der Waals surface area contributed by atoms with E-state index in [-0.39, 0.29) is 0 Å². The first-order valence-electron chi connectivity index (χ1n) is 4.52. The Hall–Kier alpha value is -0.520. The Balaban J connectivity index is 2.56. The van der Waals surface area contributed by atoms with Crippen LogP contribution in [0.3, 0.4) is 0 Å². The van der Waals surface area contributed by atoms with E-state index in [1.165, 1.54) is 28.7 Å². The molecule has 1 aliphatic carbocycles. The zero-order valence-corrected chi connectivity index (χ0v) is 9.80. The van der Waals surface area contributed by atoms with Crippen molar-refractivity contribution in [2.45, 2.75) is 19.3 Å². The monoisotopic (exact) mass is 240 g/mol. The van der Waals surface area contributed by atoms with Crippen molar-refractivity contribution in [3.8, 4) is 0 Å². The SMILES string of the molecule is S=c1[nH]c(=S)c2c3c(sc2[nH]1)CCC3. The normalized spacial score (nSPS) is 14.9. The molecule has 0 radical (unpaired) electrons. The van der Waals surface area contributed by atoms with Crippen LogP contribution in [0.25, 0.3) is 10.2 Å². The highest BCUT2D eigenvalue weighted by molar-refractivity contribution is 7.72. The number of rotatable bonds is 0. The summed E-state index contributed by atoms with van der Waals surface area (Å²) in [6.07, 6.45) is 3.63. The maximum absolute atomic E-state index is 5.30. The van der Waals surface area contributed by atoms with E-state index in [4.69, 9.17) is 24.4 Å². The number of aryl methyl sites for hydroxylation is 2. The molecule has 0 saturated carbocycles. The number of hydrogen-bond donors (Lipinski definition) is 2. The number of nitrogens with one attached hydrogen (secondary N) is 2. The molecular formula is C9H8N2S3. The second-order valence-electron chi connectivity index (χ2n) is 3.47. The highest BCUT2D eigenvalue weighted by Gasteiger charge is 2.18. The number of hydrogen-bond acceptors (Lipinski definition) is 3. The van der Waals surface area contributed by atoms with Crippen LogP contribution in [0.5, 0.6) is 0 Å². The number of thiophene rings is 1. The van der Waals surface area contributed by atoms with Gasteiger partial charge in [-0.2, -0.15) is 0 Å². The van der Waals surface area contributed by atoms with Gasteiger partial charge in [-0.3, -0.25) is 0 Å². The van der Waals surface area contributed by atoms with Gasteiger partial charge in [0.2, 0.25) is 0 Å². The molecule has 0 aliphatic heterocycles. The molecule has 0 amide bonds. The minimum Gasteiger partial charge on any atom is -0.324 e. The maximum atomic E-state index is 5.30. The zero-order valence-electron chi connectivity index (χ0n) is 7.35. The molecule has 2 N–H and O–H groups in total. The predicted molar refractivity (Wildman–Crippen MR) is 64.2 cm³/mol. The summed E-state index contributed by atoms with van der Waals surface area (Å²) in [5.41, 5.74) is 1.44. The molecule has 0 fully saturated rings. The largest absolute Gasteiger partial charge is 0.324 e. The Morgan fingerprint density at radius 2 is 2.00 bits per heavy atom. The van der Waals surface area contributed by atoms with E-state index in [0.717, 1.165) is 15.9 Å². The van der Waals surface area contributed by atoms with Crippen LogP contribution in [-0.4, -0.2) is 9.97 Å². The standard InChI is InChI=1S/C9H8N2S3/c12-7-6-4-2-1-3-5(4)14-8(6)11-9(13)10-7/h1-3H2,(H2,10,11,12,13). The molecule has 2 aromatic heterocycles. The van der Waals surface area contributed by atoms with Crippen molar-refractivity contribution in [2.75, 3.05) is 0 Å². The minimum atomic E-state index is 0.627. The van der Waals surface area contributed by atoms with Crippen molar-refractivity contribution in [3.63, 3.8) is 0 Å². The summed E-state index contributed by atoms with van der Waals surface area (Å²) < 4.78 is 1.42. The quantitative estimate of drug-likeness (QED) is 0.691. The summed E-state index contributed by atoms with van der Waals surface area (Å²) in [6, 6.07) is 0. The number of aromatic nitrogens is 2. The van der Waals surface area contributed by atoms with Crippen LogP contribution in [0.1, 0.15) is 16.9 Å². The molecule has 0 unspecified atom stereocenters. The molecular weight excluding hydrogens is 232 g/mol. The maximum Gasteiger partial charge on any atom is 0.176 e. The number of aromatic amines is 2. The lowest BCUT2D eigenvalue weighted by atomic mass is 10.2. The van der Waals surface area contributed by atoms with E-state index >= 15 is 0 Å². The Morgan fingerprint density at radius 3 is 2.86 bits per heavy atom. The lowest BCUT2D eigenvalue weighted by Gasteiger charge is -1.94. The summed E-state index contributed by atoms with van der Waals surface area (Å²) in [7, 11) is 0. The smallest absolute Gasteiger partial charge is 0.176 e. The molecule has 0 bridgehead atoms. The first kappa shape index (κ1) is 8.76. The molecule has 72 valence electrons. The molecule has 14 heavy (non-hydrogen) atoms. The summed E-state index contributed by atoms with van der Waals surface area (Å²) in [6.45, 7) is 0. The third-order valence-electron chi connectivity index (χ3n) is 2.60. The van der Waals surface area contributed by atoms with Gasteiger partial charge in [0.15, 0.2) is 4.77 Å². The zero-order chi connectivity index (χ0) is 9.71. The molecule has 2 nitrogen and oxygen atoms in total. The summed E-state index contributed by atoms with van der Waals surface area (Å²) in [4.78, 5) is 8.81. The lowest BCUT2D eigenvalue weighted by molar-refractivity contribution is 0.917. The van der Waals surface area contributed by atoms with Crippen molar-refractivity contribution in [1.82, 2.24) is 9.97 Å². The first-order valence-corrected chi connectivity index (χ1v) is 6.16. The van der Waals surface area contributed by atoms with E-state index in [0.29, 0.717) is 4.77 Å². The molecule has 0 aromatic carbocycles. The van der Waals surface area contributed by atoms with Crippen LogP contribution in [0.15, 0.2) is 0 Å². The van der Waals surface area contributed by atoms with E-state index in [1.54, 1.807) is 11.3 Å². The van der Waals surface area contributed by atoms with Crippen LogP contribution in [0.2, 0.25) is 0 Å². The topological polar surface area (TPSA) is 31.6 Å². The Bertz CT molecular complexity index is 617. The fourth-order valence-corrected chi connectivity index (χ4v) is 4.06. The average Bonchev–Trinajstić information content (AvgIpc) is 2.60. The Kier molecular flexibility index (Phi) is 1.87. The molecule has 0 saturated heterocycles. The van der Waals surface area contributed by atoms with Gasteiger partial charge in [-0.05, 0) is 37.0 Å². The van der Waals surface area contributed by atoms with Crippen molar-refractivity contribution < 1.29 is 0 Å². The van der Waals surface area contributed by atoms with E-state index in [2.05, 4.69) is 9.97 Å². The summed E-state index contributed by atoms with van der Waals surface area (Å²) in [5, 5.41) is 1.20. The van der Waals surface area contributed by atoms with Crippen molar-refractivity contribution >= 4 is 46.0 Å². The molecule has 3 rings (SSSR count). The van der Waals surface area contributed by atoms with Gasteiger partial charge >= 0.3 is 0 Å². The van der Waals surface area contributed by atoms with Crippen LogP contribution in [-0.2, 0) is 12.8 Å². The highest BCUT2D eigenvalue weighted by Crippen LogP contribution is 2.36. The van der Waals surface area contributed by atoms with E-state index < -0.39 is 0 Å². The summed E-state index contributed by atoms with van der Waals surface area (Å²) >= 11 is 12.2. The molecule has 0 atom stereocenters. The third kappa shape index (κ3) is 1.12. The van der Waals surface area contributed by atoms with Gasteiger partial charge in [-0.1, -0.05) is 12.2 Å². The van der Waals surface area contributed by atoms with Crippen LogP contribution in [0, 0.1) is 9.41 Å². The molecule has 1 aliphatic rings. The van der Waals surface area contributed by atoms with Gasteiger partial charge in [0.25, 0.3) is 0 Å². The summed E-state index contributed by atoms with van der Waals surface area (Å²) in [5.74, 6) is 0. The number of H-pyrrole nitrogens is 2. The number of fused-ring (bicyclic) bond motifs is 3. The van der Waals surface area contributed by atoms with Crippen molar-refractivity contribution in [1.29, 1.82) is 0 Å². The van der Waals surface area contributed by atoms with Crippen LogP contribution >= 0.6 is 35.8 Å². The Labute approximate surface area is 95.0 Å². The second kappa shape index (κ2) is 2.98.